The van der Waals surface area contributed by atoms with Crippen LogP contribution in [0.3, 0.4) is 0 Å². The first-order valence-electron chi connectivity index (χ1n) is 6.35. The van der Waals surface area contributed by atoms with Gasteiger partial charge in [0.05, 0.1) is 18.1 Å². The number of aliphatic hydroxyl groups excluding tert-OH is 2. The molecule has 0 amide bonds. The molecule has 1 rings (SSSR count). The highest BCUT2D eigenvalue weighted by Crippen LogP contribution is 2.30. The fourth-order valence-electron chi connectivity index (χ4n) is 2.28. The van der Waals surface area contributed by atoms with E-state index in [0.29, 0.717) is 16.8 Å². The van der Waals surface area contributed by atoms with Crippen molar-refractivity contribution in [2.75, 3.05) is 32.0 Å². The first-order chi connectivity index (χ1) is 9.27. The fraction of sp³-hybridized carbons (Fsp3) is 0.538. The number of rotatable bonds is 6. The van der Waals surface area contributed by atoms with E-state index in [1.165, 1.54) is 0 Å². The zero-order valence-electron chi connectivity index (χ0n) is 12.0. The van der Waals surface area contributed by atoms with Gasteiger partial charge in [0.1, 0.15) is 0 Å². The molecule has 0 aliphatic rings. The highest BCUT2D eigenvalue weighted by Gasteiger charge is 2.28. The lowest BCUT2D eigenvalue weighted by atomic mass is 10.1. The van der Waals surface area contributed by atoms with Crippen molar-refractivity contribution in [3.05, 3.63) is 22.8 Å². The molecule has 0 saturated heterocycles. The molecule has 0 aromatic heterocycles. The smallest absolute Gasteiger partial charge is 0.243 e. The zero-order valence-corrected chi connectivity index (χ0v) is 12.9. The number of nitrogens with two attached hydrogens (primary N) is 1. The Bertz CT molecular complexity index is 579. The molecule has 0 unspecified atom stereocenters. The second-order valence-electron chi connectivity index (χ2n) is 4.73. The molecule has 6 nitrogen and oxygen atoms in total. The predicted molar refractivity (Wildman–Crippen MR) is 78.0 cm³/mol. The predicted octanol–water partition coefficient (Wildman–Crippen LogP) is 0.169. The van der Waals surface area contributed by atoms with E-state index in [1.54, 1.807) is 19.9 Å². The molecule has 1 aromatic rings. The summed E-state index contributed by atoms with van der Waals surface area (Å²) in [6.07, 6.45) is 0. The molecule has 0 saturated carbocycles. The van der Waals surface area contributed by atoms with E-state index in [9.17, 15) is 8.42 Å². The third-order valence-electron chi connectivity index (χ3n) is 3.26. The average molecular weight is 302 g/mol. The van der Waals surface area contributed by atoms with Crippen molar-refractivity contribution >= 4 is 15.7 Å². The molecule has 0 spiro atoms. The first kappa shape index (κ1) is 16.9. The van der Waals surface area contributed by atoms with Crippen LogP contribution in [0.1, 0.15) is 16.7 Å². The fourth-order valence-corrected chi connectivity index (χ4v) is 4.15. The Kier molecular flexibility index (Phi) is 5.52. The quantitative estimate of drug-likeness (QED) is 0.650. The van der Waals surface area contributed by atoms with Gasteiger partial charge in [-0.05, 0) is 37.5 Å². The van der Waals surface area contributed by atoms with Crippen LogP contribution in [0, 0.1) is 20.8 Å². The van der Waals surface area contributed by atoms with E-state index >= 15 is 0 Å². The molecule has 7 heteroatoms. The zero-order chi connectivity index (χ0) is 15.5. The summed E-state index contributed by atoms with van der Waals surface area (Å²) < 4.78 is 26.4. The number of anilines is 1. The minimum atomic E-state index is -3.79. The SMILES string of the molecule is Cc1cc(C)c(S(=O)(=O)N(CCO)CCO)c(C)c1N. The van der Waals surface area contributed by atoms with Crippen LogP contribution in [-0.4, -0.2) is 49.2 Å². The van der Waals surface area contributed by atoms with Crippen LogP contribution >= 0.6 is 0 Å². The summed E-state index contributed by atoms with van der Waals surface area (Å²) in [5.74, 6) is 0. The summed E-state index contributed by atoms with van der Waals surface area (Å²) >= 11 is 0. The second-order valence-corrected chi connectivity index (χ2v) is 6.60. The largest absolute Gasteiger partial charge is 0.398 e. The molecule has 20 heavy (non-hydrogen) atoms. The number of sulfonamides is 1. The Morgan fingerprint density at radius 3 is 2.05 bits per heavy atom. The van der Waals surface area contributed by atoms with Crippen LogP contribution in [-0.2, 0) is 10.0 Å². The molecule has 0 aliphatic carbocycles. The van der Waals surface area contributed by atoms with E-state index in [-0.39, 0.29) is 31.2 Å². The maximum absolute atomic E-state index is 12.7. The minimum Gasteiger partial charge on any atom is -0.398 e. The Morgan fingerprint density at radius 2 is 1.60 bits per heavy atom. The number of nitrogens with zero attached hydrogens (tertiary/aromatic N) is 1. The number of nitrogen functional groups attached to an aromatic ring is 1. The number of aryl methyl sites for hydroxylation is 2. The number of hydrogen-bond donors (Lipinski definition) is 3. The molecule has 0 atom stereocenters. The van der Waals surface area contributed by atoms with Crippen molar-refractivity contribution in [3.8, 4) is 0 Å². The van der Waals surface area contributed by atoms with Crippen LogP contribution in [0.2, 0.25) is 0 Å². The normalized spacial score (nSPS) is 12.1. The van der Waals surface area contributed by atoms with E-state index in [4.69, 9.17) is 15.9 Å². The summed E-state index contributed by atoms with van der Waals surface area (Å²) in [6, 6.07) is 1.73. The van der Waals surface area contributed by atoms with Gasteiger partial charge in [-0.2, -0.15) is 4.31 Å². The van der Waals surface area contributed by atoms with Gasteiger partial charge < -0.3 is 15.9 Å². The van der Waals surface area contributed by atoms with E-state index in [1.807, 2.05) is 6.92 Å². The third kappa shape index (κ3) is 3.12. The summed E-state index contributed by atoms with van der Waals surface area (Å²) in [4.78, 5) is 0.155. The minimum absolute atomic E-state index is 0.0600. The molecular weight excluding hydrogens is 280 g/mol. The van der Waals surface area contributed by atoms with Gasteiger partial charge in [-0.3, -0.25) is 0 Å². The topological polar surface area (TPSA) is 104 Å². The van der Waals surface area contributed by atoms with E-state index in [0.717, 1.165) is 9.87 Å². The Labute approximate surface area is 119 Å². The van der Waals surface area contributed by atoms with E-state index < -0.39 is 10.0 Å². The first-order valence-corrected chi connectivity index (χ1v) is 7.79. The van der Waals surface area contributed by atoms with Crippen molar-refractivity contribution in [2.45, 2.75) is 25.7 Å². The van der Waals surface area contributed by atoms with Crippen molar-refractivity contribution in [3.63, 3.8) is 0 Å². The molecule has 0 fully saturated rings. The van der Waals surface area contributed by atoms with Gasteiger partial charge in [0.15, 0.2) is 0 Å². The van der Waals surface area contributed by atoms with Gasteiger partial charge in [-0.25, -0.2) is 8.42 Å². The average Bonchev–Trinajstić information content (AvgIpc) is 2.35. The molecule has 0 bridgehead atoms. The summed E-state index contributed by atoms with van der Waals surface area (Å²) in [7, 11) is -3.79. The summed E-state index contributed by atoms with van der Waals surface area (Å²) in [5.41, 5.74) is 8.30. The van der Waals surface area contributed by atoms with Gasteiger partial charge in [0.2, 0.25) is 10.0 Å². The summed E-state index contributed by atoms with van der Waals surface area (Å²) in [5, 5.41) is 18.0. The van der Waals surface area contributed by atoms with Crippen molar-refractivity contribution in [1.29, 1.82) is 0 Å². The standard InChI is InChI=1S/C13H22N2O4S/c1-9-8-10(2)13(11(3)12(9)14)20(18,19)15(4-6-16)5-7-17/h8,16-17H,4-7,14H2,1-3H3. The number of hydrogen-bond acceptors (Lipinski definition) is 5. The van der Waals surface area contributed by atoms with Crippen molar-refractivity contribution in [1.82, 2.24) is 4.31 Å². The van der Waals surface area contributed by atoms with Gasteiger partial charge in [-0.15, -0.1) is 0 Å². The molecule has 0 aliphatic heterocycles. The van der Waals surface area contributed by atoms with Crippen molar-refractivity contribution < 1.29 is 18.6 Å². The van der Waals surface area contributed by atoms with Gasteiger partial charge in [0, 0.05) is 18.8 Å². The van der Waals surface area contributed by atoms with Crippen molar-refractivity contribution in [2.24, 2.45) is 0 Å². The molecule has 0 radical (unpaired) electrons. The summed E-state index contributed by atoms with van der Waals surface area (Å²) in [6.45, 7) is 4.47. The lowest BCUT2D eigenvalue weighted by molar-refractivity contribution is 0.217. The highest BCUT2D eigenvalue weighted by molar-refractivity contribution is 7.89. The number of aliphatic hydroxyl groups is 2. The Balaban J connectivity index is 3.45. The molecule has 1 aromatic carbocycles. The third-order valence-corrected chi connectivity index (χ3v) is 5.45. The van der Waals surface area contributed by atoms with Gasteiger partial charge in [0.25, 0.3) is 0 Å². The molecule has 0 heterocycles. The molecule has 114 valence electrons. The highest BCUT2D eigenvalue weighted by atomic mass is 32.2. The maximum Gasteiger partial charge on any atom is 0.243 e. The van der Waals surface area contributed by atoms with E-state index in [2.05, 4.69) is 0 Å². The van der Waals surface area contributed by atoms with Crippen LogP contribution in [0.4, 0.5) is 5.69 Å². The molecule has 4 N–H and O–H groups in total. The van der Waals surface area contributed by atoms with Gasteiger partial charge in [-0.1, -0.05) is 6.07 Å². The Morgan fingerprint density at radius 1 is 1.10 bits per heavy atom. The Hall–Kier alpha value is -1.15. The molecular formula is C13H22N2O4S. The van der Waals surface area contributed by atoms with Crippen LogP contribution in [0.25, 0.3) is 0 Å². The lowest BCUT2D eigenvalue weighted by Crippen LogP contribution is -2.36. The van der Waals surface area contributed by atoms with Gasteiger partial charge >= 0.3 is 0 Å². The number of benzene rings is 1. The van der Waals surface area contributed by atoms with Crippen LogP contribution in [0.15, 0.2) is 11.0 Å². The van der Waals surface area contributed by atoms with Crippen LogP contribution < -0.4 is 5.73 Å². The second kappa shape index (κ2) is 6.53. The monoisotopic (exact) mass is 302 g/mol. The van der Waals surface area contributed by atoms with Crippen LogP contribution in [0.5, 0.6) is 0 Å². The lowest BCUT2D eigenvalue weighted by Gasteiger charge is -2.23. The maximum atomic E-state index is 12.7.